The second-order valence-corrected chi connectivity index (χ2v) is 9.36. The van der Waals surface area contributed by atoms with E-state index in [4.69, 9.17) is 23.2 Å². The maximum atomic E-state index is 13.5. The lowest BCUT2D eigenvalue weighted by molar-refractivity contribution is -0.119. The highest BCUT2D eigenvalue weighted by atomic mass is 35.5. The Kier molecular flexibility index (Phi) is 5.50. The molecular formula is C23H20Cl2N4O2. The number of pyridine rings is 1. The third-order valence-electron chi connectivity index (χ3n) is 5.55. The Balaban J connectivity index is 2.04. The predicted molar refractivity (Wildman–Crippen MR) is 120 cm³/mol. The third kappa shape index (κ3) is 3.91. The summed E-state index contributed by atoms with van der Waals surface area (Å²) >= 11 is 12.7. The first-order chi connectivity index (χ1) is 14.7. The van der Waals surface area contributed by atoms with Crippen LogP contribution in [0.25, 0.3) is 0 Å². The fourth-order valence-electron chi connectivity index (χ4n) is 4.34. The Bertz CT molecular complexity index is 1170. The number of benzene rings is 1. The van der Waals surface area contributed by atoms with E-state index < -0.39 is 11.9 Å². The molecule has 0 fully saturated rings. The molecule has 1 unspecified atom stereocenters. The number of anilines is 2. The van der Waals surface area contributed by atoms with Gasteiger partial charge in [0.2, 0.25) is 5.91 Å². The fraction of sp³-hybridized carbons (Fsp3) is 0.304. The van der Waals surface area contributed by atoms with Crippen molar-refractivity contribution in [1.29, 1.82) is 5.26 Å². The summed E-state index contributed by atoms with van der Waals surface area (Å²) in [5.74, 6) is -0.496. The second kappa shape index (κ2) is 7.99. The molecule has 1 aliphatic carbocycles. The number of hydrogen-bond donors (Lipinski definition) is 1. The number of carbonyl (C=O) groups is 2. The van der Waals surface area contributed by atoms with Crippen molar-refractivity contribution in [3.05, 3.63) is 63.5 Å². The molecule has 0 saturated carbocycles. The average molecular weight is 455 g/mol. The molecule has 2 aliphatic rings. The SMILES string of the molecule is CC1(C)CC(=O)C2=C(C1)Nc1cnccc1N(C(=O)CC#N)C2c1ccc(Cl)cc1Cl. The number of halogens is 2. The van der Waals surface area contributed by atoms with Gasteiger partial charge in [0, 0.05) is 33.9 Å². The number of ketones is 1. The summed E-state index contributed by atoms with van der Waals surface area (Å²) in [5.41, 5.74) is 2.67. The zero-order valence-corrected chi connectivity index (χ0v) is 18.6. The Morgan fingerprint density at radius 2 is 2.10 bits per heavy atom. The lowest BCUT2D eigenvalue weighted by Crippen LogP contribution is -2.39. The molecule has 4 rings (SSSR count). The molecule has 6 nitrogen and oxygen atoms in total. The molecule has 2 heterocycles. The molecular weight excluding hydrogens is 435 g/mol. The zero-order chi connectivity index (χ0) is 22.3. The summed E-state index contributed by atoms with van der Waals surface area (Å²) in [6.07, 6.45) is 3.80. The number of nitrogens with zero attached hydrogens (tertiary/aromatic N) is 3. The van der Waals surface area contributed by atoms with Gasteiger partial charge in [-0.25, -0.2) is 0 Å². The number of carbonyl (C=O) groups excluding carboxylic acids is 2. The number of Topliss-reactive ketones (excluding diaryl/α,β-unsaturated/α-hetero) is 1. The Morgan fingerprint density at radius 3 is 2.81 bits per heavy atom. The van der Waals surface area contributed by atoms with Crippen LogP contribution in [-0.4, -0.2) is 16.7 Å². The number of rotatable bonds is 2. The quantitative estimate of drug-likeness (QED) is 0.651. The molecule has 0 spiro atoms. The second-order valence-electron chi connectivity index (χ2n) is 8.52. The van der Waals surface area contributed by atoms with Crippen LogP contribution in [0.5, 0.6) is 0 Å². The normalized spacial score (nSPS) is 19.6. The average Bonchev–Trinajstić information content (AvgIpc) is 2.81. The van der Waals surface area contributed by atoms with Crippen LogP contribution in [0.3, 0.4) is 0 Å². The van der Waals surface area contributed by atoms with Crippen LogP contribution < -0.4 is 10.2 Å². The number of hydrogen-bond acceptors (Lipinski definition) is 5. The topological polar surface area (TPSA) is 86.1 Å². The summed E-state index contributed by atoms with van der Waals surface area (Å²) in [7, 11) is 0. The summed E-state index contributed by atoms with van der Waals surface area (Å²) in [6, 6.07) is 7.83. The van der Waals surface area contributed by atoms with Gasteiger partial charge in [-0.2, -0.15) is 5.26 Å². The molecule has 1 aliphatic heterocycles. The maximum Gasteiger partial charge on any atom is 0.242 e. The lowest BCUT2D eigenvalue weighted by Gasteiger charge is -2.37. The van der Waals surface area contributed by atoms with Gasteiger partial charge in [0.15, 0.2) is 5.78 Å². The summed E-state index contributed by atoms with van der Waals surface area (Å²) in [6.45, 7) is 4.07. The minimum absolute atomic E-state index is 0.0645. The van der Waals surface area contributed by atoms with Crippen molar-refractivity contribution in [2.24, 2.45) is 5.41 Å². The Morgan fingerprint density at radius 1 is 1.32 bits per heavy atom. The molecule has 0 radical (unpaired) electrons. The van der Waals surface area contributed by atoms with Crippen LogP contribution >= 0.6 is 23.2 Å². The molecule has 1 aromatic carbocycles. The van der Waals surface area contributed by atoms with E-state index in [1.807, 2.05) is 19.9 Å². The Hall–Kier alpha value is -2.88. The molecule has 1 atom stereocenters. The molecule has 0 bridgehead atoms. The van der Waals surface area contributed by atoms with Gasteiger partial charge >= 0.3 is 0 Å². The summed E-state index contributed by atoms with van der Waals surface area (Å²) in [4.78, 5) is 32.4. The van der Waals surface area contributed by atoms with Crippen molar-refractivity contribution in [3.63, 3.8) is 0 Å². The highest BCUT2D eigenvalue weighted by Crippen LogP contribution is 2.49. The van der Waals surface area contributed by atoms with E-state index in [-0.39, 0.29) is 17.6 Å². The van der Waals surface area contributed by atoms with E-state index in [9.17, 15) is 14.9 Å². The van der Waals surface area contributed by atoms with Gasteiger partial charge in [-0.15, -0.1) is 0 Å². The molecule has 1 aromatic heterocycles. The van der Waals surface area contributed by atoms with Crippen molar-refractivity contribution in [2.45, 2.75) is 39.2 Å². The van der Waals surface area contributed by atoms with E-state index in [1.165, 1.54) is 4.90 Å². The minimum atomic E-state index is -0.791. The summed E-state index contributed by atoms with van der Waals surface area (Å²) in [5, 5.41) is 13.4. The van der Waals surface area contributed by atoms with Crippen LogP contribution in [-0.2, 0) is 9.59 Å². The highest BCUT2D eigenvalue weighted by Gasteiger charge is 2.43. The van der Waals surface area contributed by atoms with Gasteiger partial charge in [0.1, 0.15) is 6.42 Å². The largest absolute Gasteiger partial charge is 0.356 e. The monoisotopic (exact) mass is 454 g/mol. The van der Waals surface area contributed by atoms with E-state index in [1.54, 1.807) is 36.7 Å². The zero-order valence-electron chi connectivity index (χ0n) is 17.1. The number of allylic oxidation sites excluding steroid dienone is 1. The highest BCUT2D eigenvalue weighted by molar-refractivity contribution is 6.35. The number of aromatic nitrogens is 1. The predicted octanol–water partition coefficient (Wildman–Crippen LogP) is 5.45. The maximum absolute atomic E-state index is 13.5. The van der Waals surface area contributed by atoms with E-state index in [0.717, 1.165) is 5.70 Å². The first kappa shape index (κ1) is 21.4. The van der Waals surface area contributed by atoms with Crippen LogP contribution in [0.2, 0.25) is 10.0 Å². The Labute approximate surface area is 190 Å². The molecule has 2 aromatic rings. The molecule has 1 N–H and O–H groups in total. The summed E-state index contributed by atoms with van der Waals surface area (Å²) < 4.78 is 0. The van der Waals surface area contributed by atoms with Gasteiger partial charge in [-0.1, -0.05) is 43.1 Å². The van der Waals surface area contributed by atoms with E-state index in [2.05, 4.69) is 10.3 Å². The third-order valence-corrected chi connectivity index (χ3v) is 6.11. The van der Waals surface area contributed by atoms with Gasteiger partial charge in [0.05, 0.1) is 29.7 Å². The smallest absolute Gasteiger partial charge is 0.242 e. The number of nitrogens with one attached hydrogen (secondary N) is 1. The molecule has 0 saturated heterocycles. The standard InChI is InChI=1S/C23H20Cl2N4O2/c1-23(2)10-16-21(19(30)11-23)22(14-4-3-13(24)9-15(14)25)29(20(31)5-7-26)18-6-8-27-12-17(18)28-16/h3-4,6,8-9,12,22,28H,5,10-11H2,1-2H3. The van der Waals surface area contributed by atoms with Crippen LogP contribution in [0.1, 0.15) is 44.7 Å². The van der Waals surface area contributed by atoms with Gasteiger partial charge in [-0.05, 0) is 35.6 Å². The van der Waals surface area contributed by atoms with Crippen molar-refractivity contribution in [3.8, 4) is 6.07 Å². The first-order valence-corrected chi connectivity index (χ1v) is 10.6. The number of amides is 1. The molecule has 1 amide bonds. The molecule has 158 valence electrons. The lowest BCUT2D eigenvalue weighted by atomic mass is 9.73. The number of nitriles is 1. The number of fused-ring (bicyclic) bond motifs is 1. The van der Waals surface area contributed by atoms with Crippen LogP contribution in [0.4, 0.5) is 11.4 Å². The fourth-order valence-corrected chi connectivity index (χ4v) is 4.85. The van der Waals surface area contributed by atoms with E-state index >= 15 is 0 Å². The van der Waals surface area contributed by atoms with Crippen molar-refractivity contribution < 1.29 is 9.59 Å². The van der Waals surface area contributed by atoms with Gasteiger partial charge < -0.3 is 5.32 Å². The molecule has 31 heavy (non-hydrogen) atoms. The molecule has 8 heteroatoms. The first-order valence-electron chi connectivity index (χ1n) is 9.83. The van der Waals surface area contributed by atoms with Gasteiger partial charge in [-0.3, -0.25) is 19.5 Å². The van der Waals surface area contributed by atoms with Crippen LogP contribution in [0, 0.1) is 16.7 Å². The van der Waals surface area contributed by atoms with Crippen molar-refractivity contribution in [1.82, 2.24) is 4.98 Å². The van der Waals surface area contributed by atoms with Gasteiger partial charge in [0.25, 0.3) is 0 Å². The van der Waals surface area contributed by atoms with Crippen molar-refractivity contribution >= 4 is 46.3 Å². The van der Waals surface area contributed by atoms with E-state index in [0.29, 0.717) is 45.4 Å². The van der Waals surface area contributed by atoms with Crippen molar-refractivity contribution in [2.75, 3.05) is 10.2 Å². The van der Waals surface area contributed by atoms with Crippen LogP contribution in [0.15, 0.2) is 47.9 Å². The minimum Gasteiger partial charge on any atom is -0.356 e.